The molecule has 0 unspecified atom stereocenters. The molecule has 6 N–H and O–H groups in total. The summed E-state index contributed by atoms with van der Waals surface area (Å²) < 4.78 is 0. The zero-order valence-corrected chi connectivity index (χ0v) is 8.74. The second-order valence-corrected chi connectivity index (χ2v) is 3.74. The van der Waals surface area contributed by atoms with Crippen molar-refractivity contribution in [2.24, 2.45) is 0 Å². The van der Waals surface area contributed by atoms with Gasteiger partial charge in [0.2, 0.25) is 0 Å². The van der Waals surface area contributed by atoms with Crippen molar-refractivity contribution in [1.29, 1.82) is 0 Å². The number of phenols is 2. The molecule has 1 aromatic carbocycles. The molecule has 0 fully saturated rings. The predicted molar refractivity (Wildman–Crippen MR) is 62.9 cm³/mol. The predicted octanol–water partition coefficient (Wildman–Crippen LogP) is 2.01. The summed E-state index contributed by atoms with van der Waals surface area (Å²) in [5, 5.41) is 20.3. The van der Waals surface area contributed by atoms with Crippen molar-refractivity contribution < 1.29 is 10.2 Å². The fourth-order valence-corrected chi connectivity index (χ4v) is 1.30. The lowest BCUT2D eigenvalue weighted by Crippen LogP contribution is -1.81. The molecule has 1 aromatic heterocycles. The van der Waals surface area contributed by atoms with Gasteiger partial charge >= 0.3 is 0 Å². The monoisotopic (exact) mass is 224 g/mol. The fraction of sp³-hybridized carbons (Fsp3) is 0. The average molecular weight is 224 g/mol. The van der Waals surface area contributed by atoms with Crippen LogP contribution in [-0.4, -0.2) is 10.2 Å². The molecular weight excluding hydrogens is 212 g/mol. The van der Waals surface area contributed by atoms with Crippen LogP contribution >= 0.6 is 11.3 Å². The highest BCUT2D eigenvalue weighted by Crippen LogP contribution is 2.25. The number of benzene rings is 1. The molecule has 0 spiro atoms. The molecule has 0 aliphatic heterocycles. The second-order valence-electron chi connectivity index (χ2n) is 2.76. The summed E-state index contributed by atoms with van der Waals surface area (Å²) in [4.78, 5) is 0. The Hall–Kier alpha value is -1.88. The van der Waals surface area contributed by atoms with Gasteiger partial charge < -0.3 is 21.7 Å². The number of hydrogen-bond donors (Lipinski definition) is 4. The molecule has 0 atom stereocenters. The molecule has 15 heavy (non-hydrogen) atoms. The van der Waals surface area contributed by atoms with Gasteiger partial charge in [0.05, 0.1) is 5.00 Å². The van der Waals surface area contributed by atoms with E-state index in [1.165, 1.54) is 18.2 Å². The number of rotatable bonds is 0. The third kappa shape index (κ3) is 3.78. The lowest BCUT2D eigenvalue weighted by Gasteiger charge is -1.95. The molecule has 4 nitrogen and oxygen atoms in total. The first-order chi connectivity index (χ1) is 7.09. The van der Waals surface area contributed by atoms with Crippen LogP contribution in [0.25, 0.3) is 0 Å². The zero-order chi connectivity index (χ0) is 11.3. The molecule has 0 bridgehead atoms. The molecule has 0 saturated heterocycles. The van der Waals surface area contributed by atoms with Crippen LogP contribution in [0.15, 0.2) is 35.7 Å². The molecular formula is C10H12N2O2S. The summed E-state index contributed by atoms with van der Waals surface area (Å²) in [6.07, 6.45) is 0. The van der Waals surface area contributed by atoms with Crippen LogP contribution in [0.3, 0.4) is 0 Å². The first-order valence-corrected chi connectivity index (χ1v) is 5.04. The number of nitrogen functional groups attached to an aromatic ring is 2. The highest BCUT2D eigenvalue weighted by atomic mass is 32.1. The maximum absolute atomic E-state index is 8.77. The van der Waals surface area contributed by atoms with E-state index in [1.807, 2.05) is 17.5 Å². The van der Waals surface area contributed by atoms with Crippen LogP contribution in [0, 0.1) is 0 Å². The van der Waals surface area contributed by atoms with Crippen molar-refractivity contribution in [3.8, 4) is 11.5 Å². The van der Waals surface area contributed by atoms with E-state index >= 15 is 0 Å². The fourth-order valence-electron chi connectivity index (χ4n) is 0.832. The molecule has 2 aromatic rings. The Morgan fingerprint density at radius 3 is 2.07 bits per heavy atom. The maximum Gasteiger partial charge on any atom is 0.159 e. The molecule has 80 valence electrons. The smallest absolute Gasteiger partial charge is 0.159 e. The Bertz CT molecular complexity index is 415. The summed E-state index contributed by atoms with van der Waals surface area (Å²) >= 11 is 1.56. The summed E-state index contributed by atoms with van der Waals surface area (Å²) in [6.45, 7) is 0. The van der Waals surface area contributed by atoms with Crippen LogP contribution < -0.4 is 11.5 Å². The standard InChI is InChI=1S/C6H7NO2.C4H5NS/c7-4-1-2-5(8)6(9)3-4;5-4-2-1-3-6-4/h1-3,8-9H,7H2;1-3H,5H2. The third-order valence-corrected chi connectivity index (χ3v) is 2.24. The normalized spacial score (nSPS) is 9.07. The first kappa shape index (κ1) is 11.2. The third-order valence-electron chi connectivity index (χ3n) is 1.54. The van der Waals surface area contributed by atoms with Crippen LogP contribution in [0.4, 0.5) is 10.7 Å². The Kier molecular flexibility index (Phi) is 3.82. The van der Waals surface area contributed by atoms with Gasteiger partial charge in [-0.05, 0) is 29.6 Å². The van der Waals surface area contributed by atoms with Crippen LogP contribution in [-0.2, 0) is 0 Å². The molecule has 0 aliphatic carbocycles. The molecule has 2 rings (SSSR count). The van der Waals surface area contributed by atoms with E-state index in [2.05, 4.69) is 0 Å². The van der Waals surface area contributed by atoms with Crippen molar-refractivity contribution in [2.45, 2.75) is 0 Å². The summed E-state index contributed by atoms with van der Waals surface area (Å²) in [5.41, 5.74) is 11.0. The Morgan fingerprint density at radius 2 is 1.73 bits per heavy atom. The summed E-state index contributed by atoms with van der Waals surface area (Å²) in [7, 11) is 0. The van der Waals surface area contributed by atoms with Gasteiger partial charge in [-0.1, -0.05) is 0 Å². The van der Waals surface area contributed by atoms with Gasteiger partial charge in [0.25, 0.3) is 0 Å². The van der Waals surface area contributed by atoms with E-state index in [-0.39, 0.29) is 11.5 Å². The van der Waals surface area contributed by atoms with E-state index in [0.717, 1.165) is 5.00 Å². The van der Waals surface area contributed by atoms with E-state index in [9.17, 15) is 0 Å². The van der Waals surface area contributed by atoms with Crippen LogP contribution in [0.1, 0.15) is 0 Å². The van der Waals surface area contributed by atoms with Gasteiger partial charge in [0.1, 0.15) is 0 Å². The number of anilines is 2. The van der Waals surface area contributed by atoms with Crippen molar-refractivity contribution in [3.63, 3.8) is 0 Å². The minimum absolute atomic E-state index is 0.149. The second kappa shape index (κ2) is 5.11. The van der Waals surface area contributed by atoms with Gasteiger partial charge in [-0.15, -0.1) is 11.3 Å². The Balaban J connectivity index is 0.000000162. The molecule has 0 amide bonds. The number of aromatic hydroxyl groups is 2. The average Bonchev–Trinajstić information content (AvgIpc) is 2.64. The minimum atomic E-state index is -0.185. The quantitative estimate of drug-likeness (QED) is 0.313. The van der Waals surface area contributed by atoms with E-state index < -0.39 is 0 Å². The molecule has 5 heteroatoms. The molecule has 0 saturated carbocycles. The molecule has 1 heterocycles. The maximum atomic E-state index is 8.77. The van der Waals surface area contributed by atoms with Crippen molar-refractivity contribution in [3.05, 3.63) is 35.7 Å². The number of nitrogens with two attached hydrogens (primary N) is 2. The van der Waals surface area contributed by atoms with Gasteiger partial charge in [-0.2, -0.15) is 0 Å². The van der Waals surface area contributed by atoms with E-state index in [4.69, 9.17) is 21.7 Å². The van der Waals surface area contributed by atoms with Gasteiger partial charge in [-0.25, -0.2) is 0 Å². The number of phenolic OH excluding ortho intramolecular Hbond substituents is 2. The van der Waals surface area contributed by atoms with Crippen LogP contribution in [0.5, 0.6) is 11.5 Å². The first-order valence-electron chi connectivity index (χ1n) is 4.16. The van der Waals surface area contributed by atoms with Crippen molar-refractivity contribution in [2.75, 3.05) is 11.5 Å². The Morgan fingerprint density at radius 1 is 1.00 bits per heavy atom. The zero-order valence-electron chi connectivity index (χ0n) is 7.92. The lowest BCUT2D eigenvalue weighted by atomic mass is 10.3. The Labute approximate surface area is 91.4 Å². The van der Waals surface area contributed by atoms with Crippen LogP contribution in [0.2, 0.25) is 0 Å². The number of hydrogen-bond acceptors (Lipinski definition) is 5. The van der Waals surface area contributed by atoms with E-state index in [1.54, 1.807) is 11.3 Å². The highest BCUT2D eigenvalue weighted by molar-refractivity contribution is 7.13. The number of thiophene rings is 1. The summed E-state index contributed by atoms with van der Waals surface area (Å²) in [6, 6.07) is 7.94. The molecule has 0 radical (unpaired) electrons. The highest BCUT2D eigenvalue weighted by Gasteiger charge is 1.95. The van der Waals surface area contributed by atoms with Crippen molar-refractivity contribution >= 4 is 22.0 Å². The van der Waals surface area contributed by atoms with Gasteiger partial charge in [-0.3, -0.25) is 0 Å². The summed E-state index contributed by atoms with van der Waals surface area (Å²) in [5.74, 6) is -0.334. The van der Waals surface area contributed by atoms with Gasteiger partial charge in [0.15, 0.2) is 11.5 Å². The largest absolute Gasteiger partial charge is 0.504 e. The molecule has 0 aliphatic rings. The minimum Gasteiger partial charge on any atom is -0.504 e. The van der Waals surface area contributed by atoms with E-state index in [0.29, 0.717) is 5.69 Å². The van der Waals surface area contributed by atoms with Gasteiger partial charge in [0, 0.05) is 11.8 Å². The topological polar surface area (TPSA) is 92.5 Å². The SMILES string of the molecule is Nc1ccc(O)c(O)c1.Nc1cccs1. The van der Waals surface area contributed by atoms with Crippen molar-refractivity contribution in [1.82, 2.24) is 0 Å². The lowest BCUT2D eigenvalue weighted by molar-refractivity contribution is 0.404.